The maximum Gasteiger partial charge on any atom is 0.274 e. The second kappa shape index (κ2) is 6.42. The lowest BCUT2D eigenvalue weighted by atomic mass is 9.66. The summed E-state index contributed by atoms with van der Waals surface area (Å²) in [4.78, 5) is 26.8. The van der Waals surface area contributed by atoms with Crippen LogP contribution < -0.4 is 5.48 Å². The van der Waals surface area contributed by atoms with Gasteiger partial charge in [-0.15, -0.1) is 0 Å². The van der Waals surface area contributed by atoms with Crippen LogP contribution in [0.3, 0.4) is 0 Å². The van der Waals surface area contributed by atoms with Crippen molar-refractivity contribution in [3.8, 4) is 0 Å². The Labute approximate surface area is 147 Å². The molecule has 2 amide bonds. The lowest BCUT2D eigenvalue weighted by Crippen LogP contribution is -2.54. The monoisotopic (exact) mass is 344 g/mol. The van der Waals surface area contributed by atoms with E-state index in [1.807, 2.05) is 12.1 Å². The number of carbonyl (C=O) groups is 2. The number of nitrogens with zero attached hydrogens (tertiary/aromatic N) is 1. The highest BCUT2D eigenvalue weighted by molar-refractivity contribution is 5.93. The van der Waals surface area contributed by atoms with E-state index in [0.29, 0.717) is 17.4 Å². The molecular weight excluding hydrogens is 320 g/mol. The Bertz CT molecular complexity index is 701. The van der Waals surface area contributed by atoms with E-state index in [4.69, 9.17) is 9.94 Å². The van der Waals surface area contributed by atoms with Crippen molar-refractivity contribution in [2.24, 2.45) is 11.3 Å². The van der Waals surface area contributed by atoms with Gasteiger partial charge in [-0.05, 0) is 55.4 Å². The second-order valence-electron chi connectivity index (χ2n) is 7.64. The summed E-state index contributed by atoms with van der Waals surface area (Å²) in [5, 5.41) is 8.79. The van der Waals surface area contributed by atoms with Crippen LogP contribution in [0.4, 0.5) is 0 Å². The summed E-state index contributed by atoms with van der Waals surface area (Å²) in [5.74, 6) is 0.300. The minimum atomic E-state index is -0.495. The Morgan fingerprint density at radius 3 is 2.88 bits per heavy atom. The van der Waals surface area contributed by atoms with E-state index in [1.165, 1.54) is 0 Å². The number of piperidine rings is 1. The zero-order chi connectivity index (χ0) is 17.4. The molecule has 0 aromatic heterocycles. The van der Waals surface area contributed by atoms with Gasteiger partial charge in [0.1, 0.15) is 0 Å². The van der Waals surface area contributed by atoms with Crippen molar-refractivity contribution in [1.29, 1.82) is 0 Å². The topological polar surface area (TPSA) is 78.9 Å². The molecule has 0 unspecified atom stereocenters. The van der Waals surface area contributed by atoms with Gasteiger partial charge >= 0.3 is 0 Å². The highest BCUT2D eigenvalue weighted by Crippen LogP contribution is 2.43. The molecule has 2 aliphatic heterocycles. The smallest absolute Gasteiger partial charge is 0.274 e. The molecule has 1 aliphatic carbocycles. The molecule has 2 fully saturated rings. The molecule has 0 radical (unpaired) electrons. The molecule has 1 aromatic rings. The Kier molecular flexibility index (Phi) is 4.25. The Morgan fingerprint density at radius 2 is 2.16 bits per heavy atom. The Hall–Kier alpha value is -1.92. The molecule has 2 heterocycles. The van der Waals surface area contributed by atoms with E-state index < -0.39 is 5.91 Å². The van der Waals surface area contributed by atoms with E-state index in [0.717, 1.165) is 69.5 Å². The van der Waals surface area contributed by atoms with Crippen molar-refractivity contribution < 1.29 is 19.5 Å². The third-order valence-corrected chi connectivity index (χ3v) is 5.98. The summed E-state index contributed by atoms with van der Waals surface area (Å²) in [6, 6.07) is 5.50. The van der Waals surface area contributed by atoms with E-state index in [2.05, 4.69) is 4.90 Å². The first kappa shape index (κ1) is 16.5. The van der Waals surface area contributed by atoms with Crippen molar-refractivity contribution in [1.82, 2.24) is 10.4 Å². The molecule has 1 atom stereocenters. The van der Waals surface area contributed by atoms with E-state index >= 15 is 0 Å². The summed E-state index contributed by atoms with van der Waals surface area (Å²) in [7, 11) is 0. The standard InChI is InChI=1S/C19H24N2O4/c22-17(20-24)15-2-3-16-9-19(6-4-14(16)8-15)5-1-7-21(18(19)23)10-13-11-25-12-13/h2-3,8,13,24H,1,4-7,9-12H2,(H,20,22)/t19-/m1/s1. The second-order valence-corrected chi connectivity index (χ2v) is 7.64. The van der Waals surface area contributed by atoms with Crippen LogP contribution in [0.25, 0.3) is 0 Å². The fraction of sp³-hybridized carbons (Fsp3) is 0.579. The number of hydrogen-bond acceptors (Lipinski definition) is 4. The minimum Gasteiger partial charge on any atom is -0.381 e. The fourth-order valence-electron chi connectivity index (χ4n) is 4.49. The van der Waals surface area contributed by atoms with Crippen molar-refractivity contribution in [3.63, 3.8) is 0 Å². The van der Waals surface area contributed by atoms with Crippen LogP contribution in [0.15, 0.2) is 18.2 Å². The Morgan fingerprint density at radius 1 is 1.32 bits per heavy atom. The quantitative estimate of drug-likeness (QED) is 0.644. The highest BCUT2D eigenvalue weighted by atomic mass is 16.5. The van der Waals surface area contributed by atoms with Crippen LogP contribution >= 0.6 is 0 Å². The van der Waals surface area contributed by atoms with Gasteiger partial charge in [-0.3, -0.25) is 14.8 Å². The lowest BCUT2D eigenvalue weighted by Gasteiger charge is -2.46. The van der Waals surface area contributed by atoms with Gasteiger partial charge in [0.15, 0.2) is 0 Å². The predicted molar refractivity (Wildman–Crippen MR) is 90.3 cm³/mol. The molecule has 134 valence electrons. The van der Waals surface area contributed by atoms with E-state index in [1.54, 1.807) is 11.5 Å². The Balaban J connectivity index is 1.53. The first-order chi connectivity index (χ1) is 12.1. The fourth-order valence-corrected chi connectivity index (χ4v) is 4.49. The number of ether oxygens (including phenoxy) is 1. The third kappa shape index (κ3) is 2.93. The molecule has 0 bridgehead atoms. The van der Waals surface area contributed by atoms with Crippen LogP contribution in [-0.4, -0.2) is 48.2 Å². The van der Waals surface area contributed by atoms with Gasteiger partial charge in [0, 0.05) is 24.6 Å². The van der Waals surface area contributed by atoms with Crippen LogP contribution in [0.5, 0.6) is 0 Å². The number of fused-ring (bicyclic) bond motifs is 1. The van der Waals surface area contributed by atoms with Gasteiger partial charge in [-0.1, -0.05) is 6.07 Å². The van der Waals surface area contributed by atoms with Crippen molar-refractivity contribution in [2.45, 2.75) is 32.1 Å². The number of aryl methyl sites for hydroxylation is 1. The number of hydroxylamine groups is 1. The molecule has 3 aliphatic rings. The minimum absolute atomic E-state index is 0.281. The van der Waals surface area contributed by atoms with Crippen molar-refractivity contribution >= 4 is 11.8 Å². The lowest BCUT2D eigenvalue weighted by molar-refractivity contribution is -0.151. The maximum absolute atomic E-state index is 13.2. The number of nitrogens with one attached hydrogen (secondary N) is 1. The molecular formula is C19H24N2O4. The third-order valence-electron chi connectivity index (χ3n) is 5.98. The normalized spacial score (nSPS) is 26.3. The van der Waals surface area contributed by atoms with Gasteiger partial charge in [0.2, 0.25) is 5.91 Å². The number of likely N-dealkylation sites (tertiary alicyclic amines) is 1. The molecule has 1 aromatic carbocycles. The highest BCUT2D eigenvalue weighted by Gasteiger charge is 2.46. The molecule has 25 heavy (non-hydrogen) atoms. The van der Waals surface area contributed by atoms with E-state index in [9.17, 15) is 9.59 Å². The van der Waals surface area contributed by atoms with Gasteiger partial charge in [-0.25, -0.2) is 5.48 Å². The van der Waals surface area contributed by atoms with Crippen LogP contribution in [0.2, 0.25) is 0 Å². The summed E-state index contributed by atoms with van der Waals surface area (Å²) in [6.45, 7) is 3.23. The zero-order valence-corrected chi connectivity index (χ0v) is 14.3. The van der Waals surface area contributed by atoms with Crippen molar-refractivity contribution in [2.75, 3.05) is 26.3 Å². The van der Waals surface area contributed by atoms with E-state index in [-0.39, 0.29) is 5.41 Å². The largest absolute Gasteiger partial charge is 0.381 e. The van der Waals surface area contributed by atoms with Crippen LogP contribution in [-0.2, 0) is 22.4 Å². The maximum atomic E-state index is 13.2. The average Bonchev–Trinajstić information content (AvgIpc) is 2.60. The van der Waals surface area contributed by atoms with Gasteiger partial charge in [0.05, 0.1) is 18.6 Å². The first-order valence-electron chi connectivity index (χ1n) is 9.05. The first-order valence-corrected chi connectivity index (χ1v) is 9.05. The van der Waals surface area contributed by atoms with Crippen molar-refractivity contribution in [3.05, 3.63) is 34.9 Å². The zero-order valence-electron chi connectivity index (χ0n) is 14.3. The van der Waals surface area contributed by atoms with Gasteiger partial charge in [-0.2, -0.15) is 0 Å². The number of rotatable bonds is 3. The number of carbonyl (C=O) groups excluding carboxylic acids is 2. The molecule has 2 N–H and O–H groups in total. The molecule has 1 spiro atoms. The molecule has 2 saturated heterocycles. The van der Waals surface area contributed by atoms with Crippen LogP contribution in [0, 0.1) is 11.3 Å². The SMILES string of the molecule is O=C(NO)c1ccc2c(c1)CC[C@]1(CCCN(CC3COC3)C1=O)C2. The molecule has 4 rings (SSSR count). The number of hydrogen-bond donors (Lipinski definition) is 2. The predicted octanol–water partition coefficient (Wildman–Crippen LogP) is 1.55. The van der Waals surface area contributed by atoms with Gasteiger partial charge in [0.25, 0.3) is 5.91 Å². The summed E-state index contributed by atoms with van der Waals surface area (Å²) < 4.78 is 5.25. The number of benzene rings is 1. The summed E-state index contributed by atoms with van der Waals surface area (Å²) in [5.41, 5.74) is 4.12. The summed E-state index contributed by atoms with van der Waals surface area (Å²) >= 11 is 0. The average molecular weight is 344 g/mol. The molecule has 6 nitrogen and oxygen atoms in total. The van der Waals surface area contributed by atoms with Gasteiger partial charge < -0.3 is 9.64 Å². The molecule has 6 heteroatoms. The van der Waals surface area contributed by atoms with Crippen LogP contribution in [0.1, 0.15) is 40.7 Å². The summed E-state index contributed by atoms with van der Waals surface area (Å²) in [6.07, 6.45) is 4.38. The number of amides is 2. The molecule has 0 saturated carbocycles.